The second-order valence-electron chi connectivity index (χ2n) is 5.06. The molecule has 18 heavy (non-hydrogen) atoms. The van der Waals surface area contributed by atoms with E-state index in [9.17, 15) is 14.7 Å². The normalized spacial score (nSPS) is 14.0. The van der Waals surface area contributed by atoms with Crippen LogP contribution < -0.4 is 5.32 Å². The standard InChI is InChI=1S/C14H19NO3/c1-10(2)9-14(3,13(17)18)15-12(16)11-7-5-4-6-8-11/h4-8,10H,9H2,1-3H3,(H,15,16)(H,17,18)/t14-/m0/s1. The molecule has 0 aliphatic heterocycles. The molecule has 0 saturated carbocycles. The molecule has 98 valence electrons. The van der Waals surface area contributed by atoms with Gasteiger partial charge in [-0.1, -0.05) is 32.0 Å². The van der Waals surface area contributed by atoms with E-state index < -0.39 is 11.5 Å². The molecule has 0 bridgehead atoms. The van der Waals surface area contributed by atoms with Crippen molar-refractivity contribution in [3.63, 3.8) is 0 Å². The fourth-order valence-corrected chi connectivity index (χ4v) is 1.92. The summed E-state index contributed by atoms with van der Waals surface area (Å²) in [5, 5.41) is 11.9. The summed E-state index contributed by atoms with van der Waals surface area (Å²) < 4.78 is 0. The summed E-state index contributed by atoms with van der Waals surface area (Å²) in [5.74, 6) is -1.19. The Kier molecular flexibility index (Phi) is 4.48. The third kappa shape index (κ3) is 3.58. The first-order chi connectivity index (χ1) is 8.35. The molecule has 2 N–H and O–H groups in total. The van der Waals surface area contributed by atoms with Gasteiger partial charge < -0.3 is 10.4 Å². The molecular formula is C14H19NO3. The molecule has 0 aliphatic carbocycles. The molecule has 0 radical (unpaired) electrons. The second-order valence-corrected chi connectivity index (χ2v) is 5.06. The first kappa shape index (κ1) is 14.2. The van der Waals surface area contributed by atoms with Crippen molar-refractivity contribution in [2.75, 3.05) is 0 Å². The maximum Gasteiger partial charge on any atom is 0.329 e. The number of carboxylic acids is 1. The third-order valence-corrected chi connectivity index (χ3v) is 2.71. The molecule has 1 atom stereocenters. The highest BCUT2D eigenvalue weighted by Gasteiger charge is 2.35. The van der Waals surface area contributed by atoms with E-state index in [1.165, 1.54) is 6.92 Å². The average molecular weight is 249 g/mol. The first-order valence-corrected chi connectivity index (χ1v) is 5.96. The molecule has 4 nitrogen and oxygen atoms in total. The van der Waals surface area contributed by atoms with Crippen LogP contribution in [0.25, 0.3) is 0 Å². The van der Waals surface area contributed by atoms with Gasteiger partial charge in [0.05, 0.1) is 0 Å². The second kappa shape index (κ2) is 5.67. The summed E-state index contributed by atoms with van der Waals surface area (Å²) in [6.45, 7) is 5.39. The maximum atomic E-state index is 12.0. The molecule has 0 aromatic heterocycles. The van der Waals surface area contributed by atoms with Crippen LogP contribution in [0.5, 0.6) is 0 Å². The molecule has 1 rings (SSSR count). The fourth-order valence-electron chi connectivity index (χ4n) is 1.92. The molecule has 0 aliphatic rings. The van der Waals surface area contributed by atoms with Crippen LogP contribution in [0.1, 0.15) is 37.6 Å². The fraction of sp³-hybridized carbons (Fsp3) is 0.429. The summed E-state index contributed by atoms with van der Waals surface area (Å²) in [5.41, 5.74) is -0.769. The van der Waals surface area contributed by atoms with Crippen LogP contribution in [-0.2, 0) is 4.79 Å². The number of carboxylic acid groups (broad SMARTS) is 1. The van der Waals surface area contributed by atoms with Crippen LogP contribution in [-0.4, -0.2) is 22.5 Å². The van der Waals surface area contributed by atoms with E-state index in [2.05, 4.69) is 5.32 Å². The van der Waals surface area contributed by atoms with Crippen LogP contribution in [0.3, 0.4) is 0 Å². The lowest BCUT2D eigenvalue weighted by Crippen LogP contribution is -2.53. The first-order valence-electron chi connectivity index (χ1n) is 5.96. The SMILES string of the molecule is CC(C)C[C@](C)(NC(=O)c1ccccc1)C(=O)O. The van der Waals surface area contributed by atoms with Gasteiger partial charge in [-0.25, -0.2) is 4.79 Å². The molecule has 4 heteroatoms. The van der Waals surface area contributed by atoms with E-state index in [0.717, 1.165) is 0 Å². The van der Waals surface area contributed by atoms with Crippen molar-refractivity contribution in [3.05, 3.63) is 35.9 Å². The van der Waals surface area contributed by atoms with Gasteiger partial charge in [0, 0.05) is 5.56 Å². The minimum absolute atomic E-state index is 0.183. The number of aliphatic carboxylic acids is 1. The Morgan fingerprint density at radius 2 is 1.83 bits per heavy atom. The zero-order chi connectivity index (χ0) is 13.8. The number of carbonyl (C=O) groups excluding carboxylic acids is 1. The highest BCUT2D eigenvalue weighted by atomic mass is 16.4. The Bertz CT molecular complexity index is 428. The van der Waals surface area contributed by atoms with Crippen LogP contribution in [0.4, 0.5) is 0 Å². The van der Waals surface area contributed by atoms with E-state index >= 15 is 0 Å². The lowest BCUT2D eigenvalue weighted by Gasteiger charge is -2.28. The lowest BCUT2D eigenvalue weighted by molar-refractivity contribution is -0.144. The van der Waals surface area contributed by atoms with Gasteiger partial charge in [0.15, 0.2) is 0 Å². The number of rotatable bonds is 5. The highest BCUT2D eigenvalue weighted by molar-refractivity contribution is 5.97. The Morgan fingerprint density at radius 1 is 1.28 bits per heavy atom. The minimum Gasteiger partial charge on any atom is -0.480 e. The Morgan fingerprint density at radius 3 is 2.28 bits per heavy atom. The van der Waals surface area contributed by atoms with E-state index in [4.69, 9.17) is 0 Å². The molecule has 1 aromatic carbocycles. The summed E-state index contributed by atoms with van der Waals surface area (Å²) in [6.07, 6.45) is 0.390. The number of hydrogen-bond donors (Lipinski definition) is 2. The van der Waals surface area contributed by atoms with Gasteiger partial charge in [-0.2, -0.15) is 0 Å². The predicted molar refractivity (Wildman–Crippen MR) is 69.4 cm³/mol. The molecule has 0 spiro atoms. The lowest BCUT2D eigenvalue weighted by atomic mass is 9.90. The molecule has 1 aromatic rings. The van der Waals surface area contributed by atoms with Crippen molar-refractivity contribution in [3.8, 4) is 0 Å². The van der Waals surface area contributed by atoms with Gasteiger partial charge in [0.2, 0.25) is 0 Å². The molecule has 0 heterocycles. The van der Waals surface area contributed by atoms with Gasteiger partial charge in [-0.3, -0.25) is 4.79 Å². The van der Waals surface area contributed by atoms with Gasteiger partial charge in [0.1, 0.15) is 5.54 Å². The quantitative estimate of drug-likeness (QED) is 0.841. The van der Waals surface area contributed by atoms with E-state index in [-0.39, 0.29) is 11.8 Å². The highest BCUT2D eigenvalue weighted by Crippen LogP contribution is 2.17. The zero-order valence-electron chi connectivity index (χ0n) is 10.9. The summed E-state index contributed by atoms with van der Waals surface area (Å²) in [7, 11) is 0. The minimum atomic E-state index is -1.24. The predicted octanol–water partition coefficient (Wildman–Crippen LogP) is 2.31. The van der Waals surface area contributed by atoms with Crippen LogP contribution in [0.15, 0.2) is 30.3 Å². The Balaban J connectivity index is 2.85. The monoisotopic (exact) mass is 249 g/mol. The number of nitrogens with one attached hydrogen (secondary N) is 1. The largest absolute Gasteiger partial charge is 0.480 e. The number of carbonyl (C=O) groups is 2. The van der Waals surface area contributed by atoms with Crippen molar-refractivity contribution in [2.24, 2.45) is 5.92 Å². The van der Waals surface area contributed by atoms with Gasteiger partial charge in [-0.05, 0) is 31.4 Å². The molecule has 0 fully saturated rings. The van der Waals surface area contributed by atoms with Crippen LogP contribution >= 0.6 is 0 Å². The summed E-state index contributed by atoms with van der Waals surface area (Å²) in [4.78, 5) is 23.3. The molecule has 0 unspecified atom stereocenters. The number of hydrogen-bond acceptors (Lipinski definition) is 2. The van der Waals surface area contributed by atoms with Gasteiger partial charge >= 0.3 is 5.97 Å². The zero-order valence-corrected chi connectivity index (χ0v) is 10.9. The van der Waals surface area contributed by atoms with E-state index in [1.807, 2.05) is 13.8 Å². The summed E-state index contributed by atoms with van der Waals surface area (Å²) >= 11 is 0. The topological polar surface area (TPSA) is 66.4 Å². The van der Waals surface area contributed by atoms with Crippen molar-refractivity contribution in [1.82, 2.24) is 5.32 Å². The Labute approximate surface area is 107 Å². The van der Waals surface area contributed by atoms with Crippen molar-refractivity contribution in [1.29, 1.82) is 0 Å². The third-order valence-electron chi connectivity index (χ3n) is 2.71. The van der Waals surface area contributed by atoms with Gasteiger partial charge in [-0.15, -0.1) is 0 Å². The number of benzene rings is 1. The maximum absolute atomic E-state index is 12.0. The van der Waals surface area contributed by atoms with Crippen molar-refractivity contribution in [2.45, 2.75) is 32.7 Å². The average Bonchev–Trinajstić information content (AvgIpc) is 2.28. The van der Waals surface area contributed by atoms with Crippen LogP contribution in [0, 0.1) is 5.92 Å². The molecule has 0 saturated heterocycles. The number of amides is 1. The van der Waals surface area contributed by atoms with Gasteiger partial charge in [0.25, 0.3) is 5.91 Å². The molecule has 1 amide bonds. The molecular weight excluding hydrogens is 230 g/mol. The van der Waals surface area contributed by atoms with E-state index in [0.29, 0.717) is 12.0 Å². The summed E-state index contributed by atoms with van der Waals surface area (Å²) in [6, 6.07) is 8.62. The van der Waals surface area contributed by atoms with Crippen molar-refractivity contribution < 1.29 is 14.7 Å². The Hall–Kier alpha value is -1.84. The van der Waals surface area contributed by atoms with E-state index in [1.54, 1.807) is 30.3 Å². The van der Waals surface area contributed by atoms with Crippen LogP contribution in [0.2, 0.25) is 0 Å². The smallest absolute Gasteiger partial charge is 0.329 e. The van der Waals surface area contributed by atoms with Crippen molar-refractivity contribution >= 4 is 11.9 Å².